The van der Waals surface area contributed by atoms with Crippen molar-refractivity contribution in [1.82, 2.24) is 24.1 Å². The van der Waals surface area contributed by atoms with Gasteiger partial charge in [0.25, 0.3) is 22.8 Å². The molecule has 3 aliphatic heterocycles. The second-order valence-electron chi connectivity index (χ2n) is 13.3. The lowest BCUT2D eigenvalue weighted by Gasteiger charge is -2.41. The van der Waals surface area contributed by atoms with Crippen LogP contribution in [0.2, 0.25) is 0 Å². The highest BCUT2D eigenvalue weighted by Gasteiger charge is 2.58. The smallest absolute Gasteiger partial charge is 0.284 e. The molecule has 0 amide bonds. The van der Waals surface area contributed by atoms with Gasteiger partial charge in [-0.3, -0.25) is 0 Å². The van der Waals surface area contributed by atoms with Gasteiger partial charge in [0.05, 0.1) is 10.9 Å². The number of aromatic nitrogens is 3. The Bertz CT molecular complexity index is 2670. The Hall–Kier alpha value is -6.79. The van der Waals surface area contributed by atoms with E-state index in [1.165, 1.54) is 38.9 Å². The van der Waals surface area contributed by atoms with E-state index in [0.717, 1.165) is 28.1 Å². The van der Waals surface area contributed by atoms with Gasteiger partial charge in [0.2, 0.25) is 11.7 Å². The molecule has 5 aliphatic rings. The minimum Gasteiger partial charge on any atom is -0.305 e. The molecule has 2 unspecified atom stereocenters. The van der Waals surface area contributed by atoms with E-state index in [-0.39, 0.29) is 12.1 Å². The van der Waals surface area contributed by atoms with Crippen molar-refractivity contribution in [2.75, 3.05) is 4.90 Å². The lowest BCUT2D eigenvalue weighted by atomic mass is 9.88. The first-order chi connectivity index (χ1) is 25.3. The molecule has 0 radical (unpaired) electrons. The molecule has 6 heteroatoms. The summed E-state index contributed by atoms with van der Waals surface area (Å²) in [7, 11) is 0. The summed E-state index contributed by atoms with van der Waals surface area (Å²) in [6, 6.07) is 46.5. The minimum absolute atomic E-state index is 0.0187. The van der Waals surface area contributed by atoms with E-state index < -0.39 is 0 Å². The van der Waals surface area contributed by atoms with E-state index in [4.69, 9.17) is 15.0 Å². The van der Waals surface area contributed by atoms with Gasteiger partial charge in [-0.2, -0.15) is 4.58 Å². The van der Waals surface area contributed by atoms with E-state index in [1.54, 1.807) is 0 Å². The average Bonchev–Trinajstić information content (AvgIpc) is 3.55. The fourth-order valence-corrected chi connectivity index (χ4v) is 8.36. The van der Waals surface area contributed by atoms with Gasteiger partial charge >= 0.3 is 0 Å². The Morgan fingerprint density at radius 1 is 0.529 bits per heavy atom. The van der Waals surface area contributed by atoms with E-state index in [1.807, 2.05) is 36.4 Å². The first-order valence-electron chi connectivity index (χ1n) is 17.4. The molecule has 1 saturated heterocycles. The number of piperazine rings is 1. The average molecular weight is 655 g/mol. The molecule has 0 N–H and O–H groups in total. The number of nitrogens with zero attached hydrogens (tertiary/aromatic N) is 6. The van der Waals surface area contributed by atoms with Gasteiger partial charge in [0.15, 0.2) is 17.5 Å². The molecule has 5 aromatic carbocycles. The van der Waals surface area contributed by atoms with Crippen molar-refractivity contribution in [2.24, 2.45) is 0 Å². The monoisotopic (exact) mass is 654 g/mol. The summed E-state index contributed by atoms with van der Waals surface area (Å²) >= 11 is 0. The molecule has 238 valence electrons. The zero-order valence-electron chi connectivity index (χ0n) is 27.5. The van der Waals surface area contributed by atoms with Crippen LogP contribution in [0.4, 0.5) is 17.1 Å². The summed E-state index contributed by atoms with van der Waals surface area (Å²) < 4.78 is 5.10. The van der Waals surface area contributed by atoms with Gasteiger partial charge < -0.3 is 4.90 Å². The van der Waals surface area contributed by atoms with Crippen LogP contribution in [0.1, 0.15) is 0 Å². The Morgan fingerprint density at radius 2 is 1.08 bits per heavy atom. The minimum atomic E-state index is 0.0187. The quantitative estimate of drug-likeness (QED) is 0.188. The van der Waals surface area contributed by atoms with Crippen LogP contribution >= 0.6 is 0 Å². The molecular formula is C45H30N6+2. The molecule has 1 aromatic heterocycles. The number of hydrogen-bond acceptors (Lipinski definition) is 4. The fraction of sp³-hybridized carbons (Fsp3) is 0.0444. The molecule has 2 atom stereocenters. The third-order valence-corrected chi connectivity index (χ3v) is 10.4. The van der Waals surface area contributed by atoms with Crippen molar-refractivity contribution in [3.63, 3.8) is 0 Å². The standard InChI is InChI=1S/C45H30N6/c1-5-15-29(16-6-1)43-46-44(30-17-7-2-8-18-30)48-45(47-43)31-27-35-34-23-13-24-36-40(34)51-41(35)39(28-31)50(33-21-11-4-12-22-33)38-26-14-25-37(42(38)51)49(36)32-19-9-3-10-20-32/h1-28,40,42H/q+2. The summed E-state index contributed by atoms with van der Waals surface area (Å²) in [5.74, 6) is 1.95. The summed E-state index contributed by atoms with van der Waals surface area (Å²) in [4.78, 5) is 17.8. The number of allylic oxidation sites excluding steroid dienone is 4. The predicted molar refractivity (Wildman–Crippen MR) is 204 cm³/mol. The van der Waals surface area contributed by atoms with E-state index >= 15 is 0 Å². The van der Waals surface area contributed by atoms with Gasteiger partial charge in [0.1, 0.15) is 5.70 Å². The third kappa shape index (κ3) is 4.14. The molecule has 0 spiro atoms. The molecule has 0 bridgehead atoms. The Balaban J connectivity index is 1.23. The van der Waals surface area contributed by atoms with Crippen LogP contribution < -0.4 is 24.6 Å². The Labute approximate surface area is 294 Å². The molecule has 6 nitrogen and oxygen atoms in total. The number of benzene rings is 5. The first kappa shape index (κ1) is 28.1. The summed E-state index contributed by atoms with van der Waals surface area (Å²) in [6.07, 6.45) is 13.6. The zero-order chi connectivity index (χ0) is 33.5. The van der Waals surface area contributed by atoms with Crippen LogP contribution in [-0.2, 0) is 0 Å². The number of para-hydroxylation sites is 2. The maximum Gasteiger partial charge on any atom is 0.284 e. The van der Waals surface area contributed by atoms with E-state index in [0.29, 0.717) is 17.5 Å². The van der Waals surface area contributed by atoms with Crippen molar-refractivity contribution in [1.29, 1.82) is 0 Å². The molecule has 1 fully saturated rings. The van der Waals surface area contributed by atoms with E-state index in [2.05, 4.69) is 148 Å². The number of rotatable bonds is 5. The number of hydrogen-bond donors (Lipinski definition) is 0. The third-order valence-electron chi connectivity index (χ3n) is 10.4. The second-order valence-corrected chi connectivity index (χ2v) is 13.3. The van der Waals surface area contributed by atoms with Gasteiger partial charge in [0, 0.05) is 52.2 Å². The summed E-state index contributed by atoms with van der Waals surface area (Å²) in [5.41, 5.74) is 11.3. The Morgan fingerprint density at radius 3 is 1.73 bits per heavy atom. The lowest BCUT2D eigenvalue weighted by Crippen LogP contribution is -2.63. The normalized spacial score (nSPS) is 18.9. The van der Waals surface area contributed by atoms with Crippen molar-refractivity contribution >= 4 is 28.3 Å². The largest absolute Gasteiger partial charge is 0.305 e. The molecule has 11 rings (SSSR count). The van der Waals surface area contributed by atoms with Crippen molar-refractivity contribution in [2.45, 2.75) is 12.1 Å². The SMILES string of the molecule is C1=CC2=c3cc(-c4nc(-c5ccccc5)nc(-c5ccccc5)n4)cc4c3=[N+]3C2C(=C1)N(c1ccccc1)C1=CC=CC(=[N+]4c2ccccc2)C13. The second kappa shape index (κ2) is 10.9. The van der Waals surface area contributed by atoms with Crippen LogP contribution in [0.15, 0.2) is 181 Å². The van der Waals surface area contributed by atoms with Crippen molar-refractivity contribution < 1.29 is 0 Å². The summed E-state index contributed by atoms with van der Waals surface area (Å²) in [6.45, 7) is 0. The topological polar surface area (TPSA) is 47.9 Å². The lowest BCUT2D eigenvalue weighted by molar-refractivity contribution is 0.487. The van der Waals surface area contributed by atoms with Gasteiger partial charge in [-0.05, 0) is 30.4 Å². The molecule has 6 aromatic rings. The van der Waals surface area contributed by atoms with Crippen LogP contribution in [0.5, 0.6) is 0 Å². The van der Waals surface area contributed by atoms with Crippen molar-refractivity contribution in [3.8, 4) is 34.2 Å². The maximum absolute atomic E-state index is 5.16. The molecule has 2 aliphatic carbocycles. The van der Waals surface area contributed by atoms with Gasteiger partial charge in [-0.25, -0.2) is 15.0 Å². The predicted octanol–water partition coefficient (Wildman–Crippen LogP) is 6.98. The van der Waals surface area contributed by atoms with Crippen LogP contribution in [0.25, 0.3) is 39.7 Å². The highest BCUT2D eigenvalue weighted by molar-refractivity contribution is 6.09. The summed E-state index contributed by atoms with van der Waals surface area (Å²) in [5, 5.41) is 2.45. The zero-order valence-corrected chi connectivity index (χ0v) is 27.5. The maximum atomic E-state index is 5.16. The highest BCUT2D eigenvalue weighted by atomic mass is 15.3. The first-order valence-corrected chi connectivity index (χ1v) is 17.4. The Kier molecular flexibility index (Phi) is 5.98. The highest BCUT2D eigenvalue weighted by Crippen LogP contribution is 2.42. The van der Waals surface area contributed by atoms with Gasteiger partial charge in [-0.15, -0.1) is 4.58 Å². The molecule has 0 saturated carbocycles. The van der Waals surface area contributed by atoms with Crippen LogP contribution in [0, 0.1) is 0 Å². The molecule has 51 heavy (non-hydrogen) atoms. The van der Waals surface area contributed by atoms with Crippen LogP contribution in [-0.4, -0.2) is 32.7 Å². The molecule has 4 heterocycles. The van der Waals surface area contributed by atoms with Crippen LogP contribution in [0.3, 0.4) is 0 Å². The fourth-order valence-electron chi connectivity index (χ4n) is 8.36. The number of anilines is 1. The molecular weight excluding hydrogens is 625 g/mol. The van der Waals surface area contributed by atoms with Crippen molar-refractivity contribution in [3.05, 3.63) is 192 Å². The van der Waals surface area contributed by atoms with E-state index in [9.17, 15) is 0 Å². The van der Waals surface area contributed by atoms with Gasteiger partial charge in [-0.1, -0.05) is 115 Å².